The molecule has 15 heavy (non-hydrogen) atoms. The first-order valence-corrected chi connectivity index (χ1v) is 6.46. The number of rotatable bonds is 5. The molecule has 1 aromatic carbocycles. The summed E-state index contributed by atoms with van der Waals surface area (Å²) in [5, 5.41) is 3.08. The first kappa shape index (κ1) is 12.0. The van der Waals surface area contributed by atoms with Gasteiger partial charge >= 0.3 is 0 Å². The van der Waals surface area contributed by atoms with Crippen molar-refractivity contribution in [2.75, 3.05) is 18.1 Å². The van der Waals surface area contributed by atoms with Crippen LogP contribution >= 0.6 is 0 Å². The van der Waals surface area contributed by atoms with Crippen molar-refractivity contribution in [3.63, 3.8) is 0 Å². The number of hydrogen-bond donors (Lipinski definition) is 1. The van der Waals surface area contributed by atoms with Crippen LogP contribution in [-0.4, -0.2) is 27.3 Å². The average Bonchev–Trinajstić information content (AvgIpc) is 2.14. The maximum absolute atomic E-state index is 10.8. The van der Waals surface area contributed by atoms with Crippen molar-refractivity contribution in [1.82, 2.24) is 0 Å². The summed E-state index contributed by atoms with van der Waals surface area (Å²) in [7, 11) is -3.37. The molecule has 1 aromatic rings. The first-order chi connectivity index (χ1) is 6.97. The van der Waals surface area contributed by atoms with E-state index in [0.29, 0.717) is 6.54 Å². The number of para-hydroxylation sites is 1. The highest BCUT2D eigenvalue weighted by Gasteiger charge is 2.09. The second-order valence-corrected chi connectivity index (χ2v) is 4.96. The van der Waals surface area contributed by atoms with Crippen LogP contribution in [0.15, 0.2) is 30.3 Å². The van der Waals surface area contributed by atoms with E-state index in [9.17, 15) is 8.42 Å². The number of nitrogens with one attached hydrogen (secondary N) is 1. The Balaban J connectivity index is 2.38. The molecule has 0 saturated heterocycles. The molecule has 0 saturated carbocycles. The zero-order chi connectivity index (χ0) is 11.3. The third-order valence-corrected chi connectivity index (χ3v) is 2.38. The predicted molar refractivity (Wildman–Crippen MR) is 60.3 cm³/mol. The third-order valence-electron chi connectivity index (χ3n) is 1.71. The molecule has 0 aliphatic heterocycles. The van der Waals surface area contributed by atoms with Crippen LogP contribution in [-0.2, 0) is 14.3 Å². The molecule has 0 bridgehead atoms. The van der Waals surface area contributed by atoms with Crippen molar-refractivity contribution < 1.29 is 12.6 Å². The van der Waals surface area contributed by atoms with Gasteiger partial charge in [-0.1, -0.05) is 18.2 Å². The Labute approximate surface area is 90.4 Å². The lowest BCUT2D eigenvalue weighted by Gasteiger charge is -2.12. The van der Waals surface area contributed by atoms with Gasteiger partial charge in [0, 0.05) is 12.2 Å². The SMILES string of the molecule is CC(CNc1ccccc1)OS(C)(=O)=O. The molecule has 1 rings (SSSR count). The van der Waals surface area contributed by atoms with Gasteiger partial charge in [0.1, 0.15) is 0 Å². The average molecular weight is 229 g/mol. The van der Waals surface area contributed by atoms with Crippen LogP contribution in [0.5, 0.6) is 0 Å². The van der Waals surface area contributed by atoms with Gasteiger partial charge in [-0.15, -0.1) is 0 Å². The highest BCUT2D eigenvalue weighted by molar-refractivity contribution is 7.86. The van der Waals surface area contributed by atoms with Gasteiger partial charge in [0.15, 0.2) is 0 Å². The lowest BCUT2D eigenvalue weighted by Crippen LogP contribution is -2.22. The van der Waals surface area contributed by atoms with Gasteiger partial charge in [-0.25, -0.2) is 0 Å². The van der Waals surface area contributed by atoms with Crippen LogP contribution in [0, 0.1) is 0 Å². The zero-order valence-corrected chi connectivity index (χ0v) is 9.62. The minimum atomic E-state index is -3.37. The minimum absolute atomic E-state index is 0.375. The van der Waals surface area contributed by atoms with Gasteiger partial charge in [0.2, 0.25) is 0 Å². The van der Waals surface area contributed by atoms with Gasteiger partial charge in [0.05, 0.1) is 12.4 Å². The zero-order valence-electron chi connectivity index (χ0n) is 8.80. The molecule has 84 valence electrons. The van der Waals surface area contributed by atoms with Gasteiger partial charge in [-0.3, -0.25) is 4.18 Å². The third kappa shape index (κ3) is 5.39. The molecule has 5 heteroatoms. The Morgan fingerprint density at radius 2 is 1.93 bits per heavy atom. The Morgan fingerprint density at radius 3 is 2.47 bits per heavy atom. The van der Waals surface area contributed by atoms with Crippen molar-refractivity contribution in [3.05, 3.63) is 30.3 Å². The molecule has 1 atom stereocenters. The summed E-state index contributed by atoms with van der Waals surface area (Å²) >= 11 is 0. The Hall–Kier alpha value is -1.07. The van der Waals surface area contributed by atoms with Crippen molar-refractivity contribution in [2.45, 2.75) is 13.0 Å². The van der Waals surface area contributed by atoms with E-state index in [2.05, 4.69) is 5.32 Å². The fraction of sp³-hybridized carbons (Fsp3) is 0.400. The van der Waals surface area contributed by atoms with Crippen molar-refractivity contribution in [2.24, 2.45) is 0 Å². The monoisotopic (exact) mass is 229 g/mol. The van der Waals surface area contributed by atoms with Gasteiger partial charge in [-0.05, 0) is 19.1 Å². The fourth-order valence-electron chi connectivity index (χ4n) is 1.15. The summed E-state index contributed by atoms with van der Waals surface area (Å²) < 4.78 is 26.4. The molecule has 0 aliphatic carbocycles. The van der Waals surface area contributed by atoms with Crippen LogP contribution in [0.4, 0.5) is 5.69 Å². The number of anilines is 1. The van der Waals surface area contributed by atoms with Gasteiger partial charge in [0.25, 0.3) is 10.1 Å². The summed E-state index contributed by atoms with van der Waals surface area (Å²) in [4.78, 5) is 0. The molecule has 0 aromatic heterocycles. The maximum atomic E-state index is 10.8. The highest BCUT2D eigenvalue weighted by atomic mass is 32.2. The molecule has 0 aliphatic rings. The summed E-state index contributed by atoms with van der Waals surface area (Å²) in [6.07, 6.45) is 0.673. The van der Waals surface area contributed by atoms with Crippen molar-refractivity contribution in [1.29, 1.82) is 0 Å². The van der Waals surface area contributed by atoms with E-state index in [0.717, 1.165) is 11.9 Å². The first-order valence-electron chi connectivity index (χ1n) is 4.64. The number of benzene rings is 1. The van der Waals surface area contributed by atoms with E-state index in [-0.39, 0.29) is 6.10 Å². The lowest BCUT2D eigenvalue weighted by atomic mass is 10.3. The van der Waals surface area contributed by atoms with Crippen LogP contribution in [0.1, 0.15) is 6.92 Å². The second-order valence-electron chi connectivity index (χ2n) is 3.36. The summed E-state index contributed by atoms with van der Waals surface area (Å²) in [6, 6.07) is 9.55. The Kier molecular flexibility index (Phi) is 4.11. The summed E-state index contributed by atoms with van der Waals surface area (Å²) in [5.74, 6) is 0. The fourth-order valence-corrected chi connectivity index (χ4v) is 1.81. The van der Waals surface area contributed by atoms with Crippen LogP contribution in [0.2, 0.25) is 0 Å². The lowest BCUT2D eigenvalue weighted by molar-refractivity contribution is 0.244. The molecule has 4 nitrogen and oxygen atoms in total. The summed E-state index contributed by atoms with van der Waals surface area (Å²) in [6.45, 7) is 2.16. The molecule has 0 amide bonds. The summed E-state index contributed by atoms with van der Waals surface area (Å²) in [5.41, 5.74) is 0.946. The molecule has 0 spiro atoms. The van der Waals surface area contributed by atoms with E-state index >= 15 is 0 Å². The van der Waals surface area contributed by atoms with Crippen molar-refractivity contribution in [3.8, 4) is 0 Å². The topological polar surface area (TPSA) is 55.4 Å². The number of hydrogen-bond acceptors (Lipinski definition) is 4. The molecular formula is C10H15NO3S. The van der Waals surface area contributed by atoms with E-state index in [1.54, 1.807) is 6.92 Å². The highest BCUT2D eigenvalue weighted by Crippen LogP contribution is 2.06. The van der Waals surface area contributed by atoms with E-state index in [1.807, 2.05) is 30.3 Å². The smallest absolute Gasteiger partial charge is 0.264 e. The maximum Gasteiger partial charge on any atom is 0.264 e. The van der Waals surface area contributed by atoms with Gasteiger partial charge < -0.3 is 5.32 Å². The molecule has 1 unspecified atom stereocenters. The largest absolute Gasteiger partial charge is 0.382 e. The van der Waals surface area contributed by atoms with E-state index < -0.39 is 10.1 Å². The van der Waals surface area contributed by atoms with Gasteiger partial charge in [-0.2, -0.15) is 8.42 Å². The van der Waals surface area contributed by atoms with E-state index in [1.165, 1.54) is 0 Å². The quantitative estimate of drug-likeness (QED) is 0.777. The Morgan fingerprint density at radius 1 is 1.33 bits per heavy atom. The molecular weight excluding hydrogens is 214 g/mol. The molecule has 0 fully saturated rings. The van der Waals surface area contributed by atoms with Crippen LogP contribution in [0.25, 0.3) is 0 Å². The normalized spacial score (nSPS) is 13.5. The molecule has 0 radical (unpaired) electrons. The minimum Gasteiger partial charge on any atom is -0.382 e. The van der Waals surface area contributed by atoms with E-state index in [4.69, 9.17) is 4.18 Å². The molecule has 1 N–H and O–H groups in total. The second kappa shape index (κ2) is 5.14. The van der Waals surface area contributed by atoms with Crippen molar-refractivity contribution >= 4 is 15.8 Å². The van der Waals surface area contributed by atoms with Crippen LogP contribution < -0.4 is 5.32 Å². The Bertz CT molecular complexity index is 388. The van der Waals surface area contributed by atoms with Crippen LogP contribution in [0.3, 0.4) is 0 Å². The standard InChI is InChI=1S/C10H15NO3S/c1-9(14-15(2,12)13)8-11-10-6-4-3-5-7-10/h3-7,9,11H,8H2,1-2H3. The molecule has 0 heterocycles. The predicted octanol–water partition coefficient (Wildman–Crippen LogP) is 1.46.